The molecule has 4 heterocycles. The average Bonchev–Trinajstić information content (AvgIpc) is 3.57. The van der Waals surface area contributed by atoms with Gasteiger partial charge in [-0.05, 0) is 75.7 Å². The minimum atomic E-state index is -2.18. The Labute approximate surface area is 312 Å². The Morgan fingerprint density at radius 1 is 0.755 bits per heavy atom. The van der Waals surface area contributed by atoms with E-state index in [1.54, 1.807) is 24.5 Å². The summed E-state index contributed by atoms with van der Waals surface area (Å²) >= 11 is 0. The van der Waals surface area contributed by atoms with Crippen molar-refractivity contribution in [1.82, 2.24) is 15.0 Å². The fourth-order valence-corrected chi connectivity index (χ4v) is 5.64. The molecule has 0 atom stereocenters. The van der Waals surface area contributed by atoms with Crippen molar-refractivity contribution in [2.75, 3.05) is 0 Å². The van der Waals surface area contributed by atoms with Gasteiger partial charge in [-0.1, -0.05) is 93.2 Å². The quantitative estimate of drug-likeness (QED) is 0.166. The Morgan fingerprint density at radius 2 is 1.57 bits per heavy atom. The number of furan rings is 1. The molecule has 245 valence electrons. The van der Waals surface area contributed by atoms with Crippen LogP contribution in [0.15, 0.2) is 126 Å². The minimum absolute atomic E-state index is 0. The van der Waals surface area contributed by atoms with Gasteiger partial charge >= 0.3 is 0 Å². The molecule has 0 aliphatic carbocycles. The zero-order chi connectivity index (χ0) is 40.0. The van der Waals surface area contributed by atoms with Crippen LogP contribution in [-0.4, -0.2) is 15.0 Å². The summed E-state index contributed by atoms with van der Waals surface area (Å²) < 4.78 is 67.0. The molecular formula is C44H37IrN3O-2. The number of pyridine rings is 3. The van der Waals surface area contributed by atoms with Crippen LogP contribution in [0.2, 0.25) is 0 Å². The maximum Gasteiger partial charge on any atom is 0.121 e. The third kappa shape index (κ3) is 7.54. The van der Waals surface area contributed by atoms with Gasteiger partial charge in [-0.15, -0.1) is 53.6 Å². The Kier molecular flexibility index (Phi) is 7.30. The third-order valence-electron chi connectivity index (χ3n) is 7.77. The van der Waals surface area contributed by atoms with Gasteiger partial charge in [-0.25, -0.2) is 0 Å². The first-order valence-electron chi connectivity index (χ1n) is 19.6. The molecule has 0 aliphatic heterocycles. The summed E-state index contributed by atoms with van der Waals surface area (Å²) in [5.41, 5.74) is 6.39. The number of nitrogens with zero attached hydrogens (tertiary/aromatic N) is 3. The number of aromatic nitrogens is 3. The van der Waals surface area contributed by atoms with Gasteiger partial charge in [-0.2, -0.15) is 0 Å². The Hall–Kier alpha value is -4.96. The molecule has 0 fully saturated rings. The van der Waals surface area contributed by atoms with Crippen molar-refractivity contribution in [3.05, 3.63) is 151 Å². The Morgan fingerprint density at radius 3 is 2.31 bits per heavy atom. The van der Waals surface area contributed by atoms with Crippen LogP contribution in [0.25, 0.3) is 66.5 Å². The number of rotatable bonds is 4. The fourth-order valence-electron chi connectivity index (χ4n) is 5.64. The summed E-state index contributed by atoms with van der Waals surface area (Å²) in [6, 6.07) is 37.8. The van der Waals surface area contributed by atoms with Crippen molar-refractivity contribution in [3.63, 3.8) is 0 Å². The second-order valence-electron chi connectivity index (χ2n) is 12.5. The zero-order valence-corrected chi connectivity index (χ0v) is 29.5. The third-order valence-corrected chi connectivity index (χ3v) is 7.77. The summed E-state index contributed by atoms with van der Waals surface area (Å²) in [5, 5.41) is 4.47. The molecule has 8 aromatic rings. The van der Waals surface area contributed by atoms with Crippen molar-refractivity contribution in [3.8, 4) is 33.8 Å². The normalized spacial score (nSPS) is 14.5. The van der Waals surface area contributed by atoms with Gasteiger partial charge in [-0.3, -0.25) is 4.98 Å². The number of fused-ring (bicyclic) bond motifs is 5. The molecule has 8 rings (SSSR count). The smallest absolute Gasteiger partial charge is 0.121 e. The summed E-state index contributed by atoms with van der Waals surface area (Å²) in [6.45, 7) is 1.35. The van der Waals surface area contributed by atoms with Crippen LogP contribution in [-0.2, 0) is 26.5 Å². The van der Waals surface area contributed by atoms with Crippen molar-refractivity contribution < 1.29 is 35.5 Å². The molecule has 4 nitrogen and oxygen atoms in total. The average molecular weight is 824 g/mol. The van der Waals surface area contributed by atoms with Gasteiger partial charge in [0.2, 0.25) is 0 Å². The van der Waals surface area contributed by atoms with E-state index in [9.17, 15) is 0 Å². The molecule has 0 saturated heterocycles. The van der Waals surface area contributed by atoms with Gasteiger partial charge in [0.05, 0.1) is 11.3 Å². The maximum absolute atomic E-state index is 8.52. The molecule has 0 unspecified atom stereocenters. The van der Waals surface area contributed by atoms with E-state index in [1.807, 2.05) is 75.4 Å². The first kappa shape index (κ1) is 25.1. The predicted octanol–water partition coefficient (Wildman–Crippen LogP) is 11.4. The van der Waals surface area contributed by atoms with E-state index in [0.717, 1.165) is 49.8 Å². The van der Waals surface area contributed by atoms with Gasteiger partial charge < -0.3 is 14.4 Å². The van der Waals surface area contributed by atoms with Gasteiger partial charge in [0.25, 0.3) is 0 Å². The molecule has 4 aromatic heterocycles. The standard InChI is InChI=1S/C31H25N2O.C13H12N.Ir/c1-31(2,3)18-20-11-13-26(33-19-20)22-15-16-32-27(17-22)24-9-6-10-25-29-23-8-5-4-7-21(23)12-14-28(29)34-30(24)25;1-10-3-6-12(7-4-10)13-8-5-11(2)9-14-13;/h4-8,10-17,19H,18H2,1-3H3;3-6,8-9H,1-2H3;/q2*-1;/i18D2;1D3,2D3;. The molecule has 0 bridgehead atoms. The number of benzene rings is 4. The molecule has 0 spiro atoms. The molecular weight excluding hydrogens is 779 g/mol. The minimum Gasteiger partial charge on any atom is -0.501 e. The van der Waals surface area contributed by atoms with Crippen LogP contribution < -0.4 is 0 Å². The van der Waals surface area contributed by atoms with Gasteiger partial charge in [0.1, 0.15) is 5.58 Å². The van der Waals surface area contributed by atoms with E-state index >= 15 is 0 Å². The molecule has 49 heavy (non-hydrogen) atoms. The molecule has 5 heteroatoms. The fraction of sp³-hybridized carbons (Fsp3) is 0.159. The second kappa shape index (κ2) is 14.3. The summed E-state index contributed by atoms with van der Waals surface area (Å²) in [5.74, 6) is 0. The van der Waals surface area contributed by atoms with E-state index in [2.05, 4.69) is 45.3 Å². The summed E-state index contributed by atoms with van der Waals surface area (Å²) in [4.78, 5) is 13.3. The Bertz CT molecular complexity index is 2610. The van der Waals surface area contributed by atoms with Crippen LogP contribution in [0.1, 0.15) is 48.4 Å². The molecule has 1 radical (unpaired) electrons. The van der Waals surface area contributed by atoms with E-state index < -0.39 is 25.5 Å². The zero-order valence-electron chi connectivity index (χ0n) is 35.1. The SMILES string of the molecule is [2H]C([2H])([2H])c1c[c-]c(-c2ccc(C([2H])([2H])[2H])cn2)cc1.[2H]C([2H])(c1ccc(-c2ccnc(-c3[c-]ccc4c3oc3ccc5ccccc5c34)c2)nc1)C(C)(C)C.[Ir]. The first-order chi connectivity index (χ1) is 26.4. The van der Waals surface area contributed by atoms with Crippen LogP contribution in [0, 0.1) is 31.3 Å². The van der Waals surface area contributed by atoms with E-state index in [-0.39, 0.29) is 31.2 Å². The molecule has 0 saturated carbocycles. The van der Waals surface area contributed by atoms with E-state index in [0.29, 0.717) is 16.8 Å². The van der Waals surface area contributed by atoms with Crippen molar-refractivity contribution in [2.45, 2.75) is 40.8 Å². The largest absolute Gasteiger partial charge is 0.501 e. The first-order valence-corrected chi connectivity index (χ1v) is 15.6. The van der Waals surface area contributed by atoms with Crippen molar-refractivity contribution in [2.24, 2.45) is 5.41 Å². The van der Waals surface area contributed by atoms with Crippen LogP contribution in [0.3, 0.4) is 0 Å². The Balaban J connectivity index is 0.000000223. The predicted molar refractivity (Wildman–Crippen MR) is 198 cm³/mol. The molecule has 0 aliphatic rings. The van der Waals surface area contributed by atoms with Crippen molar-refractivity contribution >= 4 is 32.7 Å². The molecule has 0 N–H and O–H groups in total. The van der Waals surface area contributed by atoms with Crippen LogP contribution in [0.5, 0.6) is 0 Å². The summed E-state index contributed by atoms with van der Waals surface area (Å²) in [7, 11) is 0. The molecule has 4 aromatic carbocycles. The van der Waals surface area contributed by atoms with E-state index in [4.69, 9.17) is 15.4 Å². The van der Waals surface area contributed by atoms with Gasteiger partial charge in [0.15, 0.2) is 0 Å². The van der Waals surface area contributed by atoms with Crippen LogP contribution >= 0.6 is 0 Å². The number of hydrogen-bond donors (Lipinski definition) is 0. The van der Waals surface area contributed by atoms with E-state index in [1.165, 1.54) is 29.8 Å². The topological polar surface area (TPSA) is 51.8 Å². The monoisotopic (exact) mass is 824 g/mol. The number of hydrogen-bond acceptors (Lipinski definition) is 4. The summed E-state index contributed by atoms with van der Waals surface area (Å²) in [6.07, 6.45) is 3.21. The van der Waals surface area contributed by atoms with Gasteiger partial charge in [0, 0.05) is 55.0 Å². The van der Waals surface area contributed by atoms with Crippen LogP contribution in [0.4, 0.5) is 0 Å². The second-order valence-corrected chi connectivity index (χ2v) is 12.5. The molecule has 0 amide bonds. The van der Waals surface area contributed by atoms with Crippen molar-refractivity contribution in [1.29, 1.82) is 0 Å². The number of aryl methyl sites for hydroxylation is 2. The maximum atomic E-state index is 8.52.